The van der Waals surface area contributed by atoms with Gasteiger partial charge >= 0.3 is 5.97 Å². The molecule has 8 heteroatoms. The Kier molecular flexibility index (Phi) is 9.64. The molecule has 18 atom stereocenters. The Morgan fingerprint density at radius 3 is 2.41 bits per heavy atom. The number of ether oxygens (including phenoxy) is 4. The molecule has 4 saturated heterocycles. The summed E-state index contributed by atoms with van der Waals surface area (Å²) in [6.07, 6.45) is 17.3. The molecule has 9 fully saturated rings. The largest absolute Gasteiger partial charge is 0.481 e. The number of rotatable bonds is 9. The molecule has 5 aliphatic carbocycles. The van der Waals surface area contributed by atoms with Crippen molar-refractivity contribution in [1.82, 2.24) is 0 Å². The van der Waals surface area contributed by atoms with E-state index in [0.717, 1.165) is 42.9 Å². The van der Waals surface area contributed by atoms with Gasteiger partial charge in [-0.3, -0.25) is 4.79 Å². The number of carbonyl (C=O) groups is 1. The van der Waals surface area contributed by atoms with Crippen molar-refractivity contribution in [2.24, 2.45) is 70.0 Å². The number of hydrogen-bond donors (Lipinski definition) is 1. The van der Waals surface area contributed by atoms with E-state index >= 15 is 0 Å². The molecule has 1 spiro atoms. The van der Waals surface area contributed by atoms with Crippen LogP contribution in [0.25, 0.3) is 0 Å². The van der Waals surface area contributed by atoms with Gasteiger partial charge in [0.05, 0.1) is 19.3 Å². The maximum atomic E-state index is 11.3. The molecule has 1 N–H and O–H groups in total. The van der Waals surface area contributed by atoms with Crippen LogP contribution in [0.2, 0.25) is 0 Å². The summed E-state index contributed by atoms with van der Waals surface area (Å²) in [4.78, 5) is 11.3. The van der Waals surface area contributed by atoms with E-state index in [9.17, 15) is 9.90 Å². The highest BCUT2D eigenvalue weighted by Crippen LogP contribution is 2.69. The van der Waals surface area contributed by atoms with Crippen LogP contribution in [0, 0.1) is 70.0 Å². The summed E-state index contributed by atoms with van der Waals surface area (Å²) in [6, 6.07) is 0. The third-order valence-electron chi connectivity index (χ3n) is 17.1. The molecule has 7 nitrogen and oxygen atoms in total. The Hall–Kier alpha value is -0.300. The van der Waals surface area contributed by atoms with E-state index in [1.165, 1.54) is 70.6 Å². The van der Waals surface area contributed by atoms with Gasteiger partial charge in [-0.25, -0.2) is 0 Å². The fourth-order valence-electron chi connectivity index (χ4n) is 14.4. The van der Waals surface area contributed by atoms with Crippen molar-refractivity contribution in [2.45, 2.75) is 167 Å². The molecule has 5 saturated carbocycles. The van der Waals surface area contributed by atoms with E-state index in [4.69, 9.17) is 23.5 Å². The highest BCUT2D eigenvalue weighted by molar-refractivity contribution is 7.34. The van der Waals surface area contributed by atoms with Crippen LogP contribution in [0.1, 0.15) is 138 Å². The van der Waals surface area contributed by atoms with Crippen molar-refractivity contribution >= 4 is 14.8 Å². The smallest absolute Gasteiger partial charge is 0.303 e. The molecule has 2 bridgehead atoms. The zero-order valence-electron chi connectivity index (χ0n) is 31.4. The molecule has 278 valence electrons. The molecular formula is C41H67O7P. The molecule has 0 aromatic heterocycles. The Bertz CT molecular complexity index is 1230. The van der Waals surface area contributed by atoms with Gasteiger partial charge in [0.2, 0.25) is 0 Å². The van der Waals surface area contributed by atoms with Crippen molar-refractivity contribution in [3.63, 3.8) is 0 Å². The molecule has 0 aromatic rings. The monoisotopic (exact) mass is 702 g/mol. The summed E-state index contributed by atoms with van der Waals surface area (Å²) in [5.41, 5.74) is 0.515. The first kappa shape index (κ1) is 35.7. The second-order valence-corrected chi connectivity index (χ2v) is 20.8. The predicted molar refractivity (Wildman–Crippen MR) is 191 cm³/mol. The first-order chi connectivity index (χ1) is 23.4. The van der Waals surface area contributed by atoms with Gasteiger partial charge < -0.3 is 28.6 Å². The molecule has 0 aromatic carbocycles. The Morgan fingerprint density at radius 1 is 0.857 bits per heavy atom. The van der Waals surface area contributed by atoms with Crippen LogP contribution >= 0.6 is 8.81 Å². The van der Waals surface area contributed by atoms with E-state index in [1.54, 1.807) is 0 Å². The molecule has 4 heterocycles. The van der Waals surface area contributed by atoms with Crippen LogP contribution in [-0.4, -0.2) is 53.9 Å². The highest BCUT2D eigenvalue weighted by Gasteiger charge is 2.68. The summed E-state index contributed by atoms with van der Waals surface area (Å²) in [5.74, 6) is 5.65. The van der Waals surface area contributed by atoms with Gasteiger partial charge in [0.1, 0.15) is 10.9 Å². The third-order valence-corrected chi connectivity index (χ3v) is 18.4. The second kappa shape index (κ2) is 13.2. The van der Waals surface area contributed by atoms with Gasteiger partial charge in [-0.15, -0.1) is 0 Å². The van der Waals surface area contributed by atoms with Crippen molar-refractivity contribution < 1.29 is 33.4 Å². The molecule has 4 aliphatic heterocycles. The quantitative estimate of drug-likeness (QED) is 0.189. The molecular weight excluding hydrogens is 635 g/mol. The zero-order valence-corrected chi connectivity index (χ0v) is 32.4. The van der Waals surface area contributed by atoms with Crippen LogP contribution in [0.4, 0.5) is 0 Å². The maximum Gasteiger partial charge on any atom is 0.303 e. The summed E-state index contributed by atoms with van der Waals surface area (Å²) < 4.78 is 33.5. The third kappa shape index (κ3) is 5.83. The van der Waals surface area contributed by atoms with Crippen LogP contribution in [-0.2, 0) is 28.3 Å². The van der Waals surface area contributed by atoms with Crippen molar-refractivity contribution in [3.05, 3.63) is 0 Å². The van der Waals surface area contributed by atoms with Gasteiger partial charge in [0.25, 0.3) is 0 Å². The average Bonchev–Trinajstić information content (AvgIpc) is 3.27. The Labute approximate surface area is 298 Å². The standard InChI is InChI=1S/C41H67O7P/c1-24(8-14-35(42)43)30-12-13-33-29-10-9-27-23-28(15-18-38(27,4)34(29)16-19-39(30,33)5)44-21-22-45-36-26(3)32-11-7-25(2)31-17-20-40(6)47-37(46-36)41(31,32)48-49-40/h24-34,36-37,49H,7-23H2,1-6H3,(H,42,43)/t24-,25-,26-,27?,28-,29?,30-,31?,32?,33?,34?,36?,37?,38+,39-,40+,41-/m1/s1. The molecule has 0 radical (unpaired) electrons. The number of carboxylic acid groups (broad SMARTS) is 1. The zero-order chi connectivity index (χ0) is 34.3. The van der Waals surface area contributed by atoms with Gasteiger partial charge in [0.15, 0.2) is 12.6 Å². The molecule has 9 aliphatic rings. The van der Waals surface area contributed by atoms with Crippen molar-refractivity contribution in [1.29, 1.82) is 0 Å². The topological polar surface area (TPSA) is 83.5 Å². The number of hydrogen-bond acceptors (Lipinski definition) is 6. The van der Waals surface area contributed by atoms with Crippen LogP contribution in [0.3, 0.4) is 0 Å². The van der Waals surface area contributed by atoms with Crippen LogP contribution in [0.15, 0.2) is 0 Å². The molecule has 49 heavy (non-hydrogen) atoms. The lowest BCUT2D eigenvalue weighted by atomic mass is 9.44. The summed E-state index contributed by atoms with van der Waals surface area (Å²) in [5, 5.41) is 9.07. The van der Waals surface area contributed by atoms with E-state index in [0.29, 0.717) is 75.0 Å². The van der Waals surface area contributed by atoms with Gasteiger partial charge in [-0.1, -0.05) is 34.6 Å². The van der Waals surface area contributed by atoms with E-state index < -0.39 is 5.97 Å². The first-order valence-corrected chi connectivity index (χ1v) is 21.5. The molecule has 0 amide bonds. The molecule has 9 unspecified atom stereocenters. The van der Waals surface area contributed by atoms with Crippen molar-refractivity contribution in [2.75, 3.05) is 13.2 Å². The first-order valence-electron chi connectivity index (χ1n) is 20.6. The van der Waals surface area contributed by atoms with E-state index in [-0.39, 0.29) is 29.4 Å². The summed E-state index contributed by atoms with van der Waals surface area (Å²) in [6.45, 7) is 15.7. The number of carboxylic acids is 1. The summed E-state index contributed by atoms with van der Waals surface area (Å²) in [7, 11) is 0.386. The second-order valence-electron chi connectivity index (χ2n) is 19.3. The Morgan fingerprint density at radius 2 is 1.59 bits per heavy atom. The molecule has 9 rings (SSSR count). The minimum atomic E-state index is -0.641. The fourth-order valence-corrected chi connectivity index (χ4v) is 15.6. The fraction of sp³-hybridized carbons (Fsp3) is 0.976. The number of aliphatic carboxylic acids is 1. The lowest BCUT2D eigenvalue weighted by molar-refractivity contribution is -0.387. The van der Waals surface area contributed by atoms with E-state index in [2.05, 4.69) is 41.5 Å². The van der Waals surface area contributed by atoms with Crippen LogP contribution < -0.4 is 0 Å². The average molecular weight is 703 g/mol. The van der Waals surface area contributed by atoms with E-state index in [1.807, 2.05) is 0 Å². The normalized spacial score (nSPS) is 54.3. The summed E-state index contributed by atoms with van der Waals surface area (Å²) >= 11 is 0. The van der Waals surface area contributed by atoms with Gasteiger partial charge in [0, 0.05) is 27.1 Å². The highest BCUT2D eigenvalue weighted by atomic mass is 31.1. The van der Waals surface area contributed by atoms with Crippen LogP contribution in [0.5, 0.6) is 0 Å². The van der Waals surface area contributed by atoms with Gasteiger partial charge in [-0.2, -0.15) is 0 Å². The lowest BCUT2D eigenvalue weighted by Gasteiger charge is -2.61. The number of fused-ring (bicyclic) bond motifs is 7. The minimum Gasteiger partial charge on any atom is -0.481 e. The Balaban J connectivity index is 0.841. The SMILES string of the molecule is C[C@H]1C(OCCO[C@@H]2CC[C@@]3(C)C(CCC4C3CC[C@@]3(C)C4CC[C@@H]3[C@H](C)CCC(=O)O)C2)OC2O[C@]3(C)CCC4[C@H](C)CCC1[C@@]24OP3. The van der Waals surface area contributed by atoms with Gasteiger partial charge in [-0.05, 0) is 155 Å². The predicted octanol–water partition coefficient (Wildman–Crippen LogP) is 9.42. The van der Waals surface area contributed by atoms with Crippen molar-refractivity contribution in [3.8, 4) is 0 Å². The maximum absolute atomic E-state index is 11.3. The lowest BCUT2D eigenvalue weighted by Crippen LogP contribution is -2.68. The minimum absolute atomic E-state index is 0.237.